The second kappa shape index (κ2) is 8.56. The van der Waals surface area contributed by atoms with Crippen LogP contribution in [0.2, 0.25) is 5.02 Å². The number of hydrogen-bond acceptors (Lipinski definition) is 4. The molecule has 27 heavy (non-hydrogen) atoms. The van der Waals surface area contributed by atoms with Crippen LogP contribution in [0.1, 0.15) is 24.2 Å². The van der Waals surface area contributed by atoms with Crippen LogP contribution in [0.15, 0.2) is 67.0 Å². The summed E-state index contributed by atoms with van der Waals surface area (Å²) in [6, 6.07) is 16.3. The molecule has 0 unspecified atom stereocenters. The normalized spacial score (nSPS) is 10.5. The van der Waals surface area contributed by atoms with E-state index in [9.17, 15) is 4.79 Å². The Morgan fingerprint density at radius 1 is 0.963 bits per heavy atom. The molecule has 1 aromatic heterocycles. The third kappa shape index (κ3) is 5.46. The molecule has 0 aliphatic rings. The van der Waals surface area contributed by atoms with E-state index in [4.69, 9.17) is 16.3 Å². The minimum absolute atomic E-state index is 0.129. The summed E-state index contributed by atoms with van der Waals surface area (Å²) in [5.74, 6) is 0.568. The third-order valence-electron chi connectivity index (χ3n) is 3.62. The highest BCUT2D eigenvalue weighted by molar-refractivity contribution is 6.30. The summed E-state index contributed by atoms with van der Waals surface area (Å²) in [4.78, 5) is 16.6. The fourth-order valence-corrected chi connectivity index (χ4v) is 2.55. The number of pyridine rings is 1. The second-order valence-electron chi connectivity index (χ2n) is 6.24. The molecular formula is C21H20ClN3O2. The maximum absolute atomic E-state index is 12.4. The summed E-state index contributed by atoms with van der Waals surface area (Å²) in [6.45, 7) is 3.97. The molecule has 138 valence electrons. The second-order valence-corrected chi connectivity index (χ2v) is 6.68. The number of benzene rings is 2. The van der Waals surface area contributed by atoms with Crippen molar-refractivity contribution in [3.8, 4) is 5.75 Å². The molecule has 3 aromatic rings. The SMILES string of the molecule is CC(C)Oc1ccc(Nc2cncc(C(=O)Nc3ccc(Cl)cc3)c2)cc1. The molecule has 0 atom stereocenters. The minimum atomic E-state index is -0.242. The molecule has 5 nitrogen and oxygen atoms in total. The first-order chi connectivity index (χ1) is 13.0. The zero-order chi connectivity index (χ0) is 19.2. The molecule has 2 N–H and O–H groups in total. The van der Waals surface area contributed by atoms with Gasteiger partial charge in [-0.2, -0.15) is 0 Å². The molecule has 0 radical (unpaired) electrons. The van der Waals surface area contributed by atoms with Crippen LogP contribution in [-0.2, 0) is 0 Å². The van der Waals surface area contributed by atoms with Gasteiger partial charge in [0.2, 0.25) is 0 Å². The van der Waals surface area contributed by atoms with Gasteiger partial charge in [-0.05, 0) is 68.4 Å². The Labute approximate surface area is 163 Å². The molecule has 0 fully saturated rings. The van der Waals surface area contributed by atoms with Gasteiger partial charge in [0.1, 0.15) is 5.75 Å². The summed E-state index contributed by atoms with van der Waals surface area (Å²) < 4.78 is 5.63. The van der Waals surface area contributed by atoms with Crippen molar-refractivity contribution in [3.63, 3.8) is 0 Å². The van der Waals surface area contributed by atoms with Crippen LogP contribution in [0.5, 0.6) is 5.75 Å². The van der Waals surface area contributed by atoms with E-state index in [1.54, 1.807) is 36.5 Å². The molecule has 0 aliphatic carbocycles. The van der Waals surface area contributed by atoms with E-state index in [1.165, 1.54) is 6.20 Å². The van der Waals surface area contributed by atoms with Gasteiger partial charge in [0.25, 0.3) is 5.91 Å². The predicted octanol–water partition coefficient (Wildman–Crippen LogP) is 5.52. The van der Waals surface area contributed by atoms with Crippen molar-refractivity contribution in [1.29, 1.82) is 0 Å². The van der Waals surface area contributed by atoms with Crippen molar-refractivity contribution < 1.29 is 9.53 Å². The molecule has 0 aliphatic heterocycles. The summed E-state index contributed by atoms with van der Waals surface area (Å²) >= 11 is 5.86. The average Bonchev–Trinajstić information content (AvgIpc) is 2.65. The van der Waals surface area contributed by atoms with Crippen LogP contribution >= 0.6 is 11.6 Å². The van der Waals surface area contributed by atoms with Crippen LogP contribution in [0, 0.1) is 0 Å². The minimum Gasteiger partial charge on any atom is -0.491 e. The molecule has 6 heteroatoms. The number of hydrogen-bond donors (Lipinski definition) is 2. The first-order valence-electron chi connectivity index (χ1n) is 8.55. The van der Waals surface area contributed by atoms with Crippen molar-refractivity contribution in [2.75, 3.05) is 10.6 Å². The highest BCUT2D eigenvalue weighted by Gasteiger charge is 2.08. The van der Waals surface area contributed by atoms with E-state index in [-0.39, 0.29) is 12.0 Å². The molecule has 0 spiro atoms. The quantitative estimate of drug-likeness (QED) is 0.590. The van der Waals surface area contributed by atoms with Gasteiger partial charge in [-0.15, -0.1) is 0 Å². The number of aromatic nitrogens is 1. The van der Waals surface area contributed by atoms with Gasteiger partial charge in [-0.1, -0.05) is 11.6 Å². The lowest BCUT2D eigenvalue weighted by Crippen LogP contribution is -2.12. The summed E-state index contributed by atoms with van der Waals surface area (Å²) in [7, 11) is 0. The van der Waals surface area contributed by atoms with E-state index in [0.717, 1.165) is 17.1 Å². The van der Waals surface area contributed by atoms with Crippen molar-refractivity contribution in [2.24, 2.45) is 0 Å². The van der Waals surface area contributed by atoms with Crippen LogP contribution in [0.4, 0.5) is 17.1 Å². The number of ether oxygens (including phenoxy) is 1. The molecular weight excluding hydrogens is 362 g/mol. The lowest BCUT2D eigenvalue weighted by atomic mass is 10.2. The highest BCUT2D eigenvalue weighted by atomic mass is 35.5. The van der Waals surface area contributed by atoms with Crippen LogP contribution in [0.3, 0.4) is 0 Å². The first kappa shape index (κ1) is 18.7. The van der Waals surface area contributed by atoms with Crippen LogP contribution < -0.4 is 15.4 Å². The number of nitrogens with zero attached hydrogens (tertiary/aromatic N) is 1. The van der Waals surface area contributed by atoms with Gasteiger partial charge in [0, 0.05) is 22.6 Å². The maximum atomic E-state index is 12.4. The van der Waals surface area contributed by atoms with E-state index in [0.29, 0.717) is 16.3 Å². The molecule has 1 amide bonds. The number of carbonyl (C=O) groups excluding carboxylic acids is 1. The van der Waals surface area contributed by atoms with Crippen LogP contribution in [-0.4, -0.2) is 17.0 Å². The fourth-order valence-electron chi connectivity index (χ4n) is 2.42. The number of amides is 1. The van der Waals surface area contributed by atoms with Crippen molar-refractivity contribution in [1.82, 2.24) is 4.98 Å². The predicted molar refractivity (Wildman–Crippen MR) is 109 cm³/mol. The monoisotopic (exact) mass is 381 g/mol. The average molecular weight is 382 g/mol. The lowest BCUT2D eigenvalue weighted by molar-refractivity contribution is 0.102. The molecule has 0 saturated heterocycles. The Hall–Kier alpha value is -3.05. The molecule has 0 bridgehead atoms. The van der Waals surface area contributed by atoms with Gasteiger partial charge in [0.15, 0.2) is 0 Å². The fraction of sp³-hybridized carbons (Fsp3) is 0.143. The van der Waals surface area contributed by atoms with Crippen molar-refractivity contribution in [3.05, 3.63) is 77.6 Å². The number of halogens is 1. The Morgan fingerprint density at radius 3 is 2.30 bits per heavy atom. The molecule has 2 aromatic carbocycles. The largest absolute Gasteiger partial charge is 0.491 e. The maximum Gasteiger partial charge on any atom is 0.257 e. The molecule has 0 saturated carbocycles. The zero-order valence-electron chi connectivity index (χ0n) is 15.1. The van der Waals surface area contributed by atoms with Crippen molar-refractivity contribution >= 4 is 34.6 Å². The van der Waals surface area contributed by atoms with Gasteiger partial charge >= 0.3 is 0 Å². The number of anilines is 3. The van der Waals surface area contributed by atoms with Gasteiger partial charge in [-0.3, -0.25) is 9.78 Å². The Morgan fingerprint density at radius 2 is 1.63 bits per heavy atom. The first-order valence-corrected chi connectivity index (χ1v) is 8.93. The third-order valence-corrected chi connectivity index (χ3v) is 3.87. The van der Waals surface area contributed by atoms with E-state index in [1.807, 2.05) is 38.1 Å². The number of carbonyl (C=O) groups is 1. The van der Waals surface area contributed by atoms with E-state index >= 15 is 0 Å². The number of rotatable bonds is 6. The summed E-state index contributed by atoms with van der Waals surface area (Å²) in [5.41, 5.74) is 2.72. The molecule has 1 heterocycles. The topological polar surface area (TPSA) is 63.2 Å². The summed E-state index contributed by atoms with van der Waals surface area (Å²) in [6.07, 6.45) is 3.32. The lowest BCUT2D eigenvalue weighted by Gasteiger charge is -2.11. The molecule has 3 rings (SSSR count). The van der Waals surface area contributed by atoms with Gasteiger partial charge < -0.3 is 15.4 Å². The zero-order valence-corrected chi connectivity index (χ0v) is 15.8. The van der Waals surface area contributed by atoms with Crippen LogP contribution in [0.25, 0.3) is 0 Å². The Balaban J connectivity index is 1.67. The van der Waals surface area contributed by atoms with Gasteiger partial charge in [0.05, 0.1) is 23.6 Å². The number of nitrogens with one attached hydrogen (secondary N) is 2. The Bertz CT molecular complexity index is 909. The smallest absolute Gasteiger partial charge is 0.257 e. The van der Waals surface area contributed by atoms with E-state index in [2.05, 4.69) is 15.6 Å². The van der Waals surface area contributed by atoms with E-state index < -0.39 is 0 Å². The highest BCUT2D eigenvalue weighted by Crippen LogP contribution is 2.21. The Kier molecular flexibility index (Phi) is 5.94. The summed E-state index contributed by atoms with van der Waals surface area (Å²) in [5, 5.41) is 6.67. The van der Waals surface area contributed by atoms with Crippen molar-refractivity contribution in [2.45, 2.75) is 20.0 Å². The van der Waals surface area contributed by atoms with Gasteiger partial charge in [-0.25, -0.2) is 0 Å². The standard InChI is InChI=1S/C21H20ClN3O2/c1-14(2)27-20-9-7-17(8-10-20)24-19-11-15(12-23-13-19)21(26)25-18-5-3-16(22)4-6-18/h3-14,24H,1-2H3,(H,25,26).